The van der Waals surface area contributed by atoms with Gasteiger partial charge in [-0.2, -0.15) is 0 Å². The number of nitro benzene ring substituents is 1. The van der Waals surface area contributed by atoms with E-state index < -0.39 is 34.5 Å². The Bertz CT molecular complexity index is 576. The first-order chi connectivity index (χ1) is 9.70. The standard InChI is InChI=1S/C12H14FN3O5/c1-6(2)10(11(17)18)15-12(19)14-8-3-7(13)4-9(5-8)16(20)21/h3-6,10H,1-2H3,(H,17,18)(H2,14,15,19). The number of carboxylic acid groups (broad SMARTS) is 1. The lowest BCUT2D eigenvalue weighted by molar-refractivity contribution is -0.385. The van der Waals surface area contributed by atoms with Gasteiger partial charge in [0, 0.05) is 6.07 Å². The molecule has 1 aromatic rings. The molecule has 9 heteroatoms. The Morgan fingerprint density at radius 3 is 2.43 bits per heavy atom. The van der Waals surface area contributed by atoms with Gasteiger partial charge in [-0.3, -0.25) is 10.1 Å². The van der Waals surface area contributed by atoms with E-state index in [2.05, 4.69) is 10.6 Å². The number of nitrogens with one attached hydrogen (secondary N) is 2. The van der Waals surface area contributed by atoms with E-state index in [0.717, 1.165) is 12.1 Å². The van der Waals surface area contributed by atoms with E-state index in [1.807, 2.05) is 0 Å². The summed E-state index contributed by atoms with van der Waals surface area (Å²) in [5.74, 6) is -2.47. The highest BCUT2D eigenvalue weighted by Crippen LogP contribution is 2.20. The van der Waals surface area contributed by atoms with Crippen LogP contribution in [0, 0.1) is 21.8 Å². The number of halogens is 1. The van der Waals surface area contributed by atoms with E-state index in [1.54, 1.807) is 13.8 Å². The first-order valence-electron chi connectivity index (χ1n) is 5.96. The first kappa shape index (κ1) is 16.3. The SMILES string of the molecule is CC(C)C(NC(=O)Nc1cc(F)cc([N+](=O)[O-])c1)C(=O)O. The van der Waals surface area contributed by atoms with E-state index in [1.165, 1.54) is 0 Å². The molecule has 0 aromatic heterocycles. The smallest absolute Gasteiger partial charge is 0.326 e. The zero-order chi connectivity index (χ0) is 16.2. The summed E-state index contributed by atoms with van der Waals surface area (Å²) in [6.45, 7) is 3.21. The molecule has 0 spiro atoms. The molecule has 3 N–H and O–H groups in total. The molecule has 114 valence electrons. The molecule has 0 bridgehead atoms. The second-order valence-corrected chi connectivity index (χ2v) is 4.61. The Hall–Kier alpha value is -2.71. The second-order valence-electron chi connectivity index (χ2n) is 4.61. The number of nitrogens with zero attached hydrogens (tertiary/aromatic N) is 1. The number of non-ortho nitro benzene ring substituents is 1. The summed E-state index contributed by atoms with van der Waals surface area (Å²) in [5, 5.41) is 23.9. The van der Waals surface area contributed by atoms with E-state index in [0.29, 0.717) is 6.07 Å². The molecule has 0 aliphatic heterocycles. The van der Waals surface area contributed by atoms with Gasteiger partial charge in [0.1, 0.15) is 11.9 Å². The van der Waals surface area contributed by atoms with Crippen LogP contribution in [0.15, 0.2) is 18.2 Å². The number of anilines is 1. The third-order valence-corrected chi connectivity index (χ3v) is 2.57. The molecular weight excluding hydrogens is 285 g/mol. The minimum Gasteiger partial charge on any atom is -0.480 e. The molecule has 21 heavy (non-hydrogen) atoms. The van der Waals surface area contributed by atoms with Crippen LogP contribution in [0.25, 0.3) is 0 Å². The Kier molecular flexibility index (Phi) is 5.17. The fourth-order valence-corrected chi connectivity index (χ4v) is 1.57. The number of benzene rings is 1. The molecule has 0 aliphatic carbocycles. The second kappa shape index (κ2) is 6.64. The van der Waals surface area contributed by atoms with Crippen molar-refractivity contribution in [1.82, 2.24) is 5.32 Å². The Morgan fingerprint density at radius 1 is 1.33 bits per heavy atom. The van der Waals surface area contributed by atoms with Crippen LogP contribution >= 0.6 is 0 Å². The average molecular weight is 299 g/mol. The molecule has 1 atom stereocenters. The van der Waals surface area contributed by atoms with Gasteiger partial charge in [-0.1, -0.05) is 13.8 Å². The van der Waals surface area contributed by atoms with Crippen LogP contribution in [0.1, 0.15) is 13.8 Å². The van der Waals surface area contributed by atoms with Gasteiger partial charge in [0.25, 0.3) is 5.69 Å². The van der Waals surface area contributed by atoms with Gasteiger partial charge in [0.05, 0.1) is 16.7 Å². The number of carbonyl (C=O) groups is 2. The first-order valence-corrected chi connectivity index (χ1v) is 5.96. The maximum Gasteiger partial charge on any atom is 0.326 e. The van der Waals surface area contributed by atoms with E-state index in [-0.39, 0.29) is 11.6 Å². The molecule has 1 aromatic carbocycles. The van der Waals surface area contributed by atoms with Crippen LogP contribution in [0.3, 0.4) is 0 Å². The van der Waals surface area contributed by atoms with Crippen LogP contribution in [0.2, 0.25) is 0 Å². The molecule has 0 saturated heterocycles. The van der Waals surface area contributed by atoms with Gasteiger partial charge in [0.2, 0.25) is 0 Å². The summed E-state index contributed by atoms with van der Waals surface area (Å²) in [7, 11) is 0. The minimum absolute atomic E-state index is 0.146. The van der Waals surface area contributed by atoms with Gasteiger partial charge in [0.15, 0.2) is 0 Å². The van der Waals surface area contributed by atoms with Gasteiger partial charge >= 0.3 is 12.0 Å². The molecule has 8 nitrogen and oxygen atoms in total. The van der Waals surface area contributed by atoms with Crippen molar-refractivity contribution in [3.8, 4) is 0 Å². The molecule has 1 unspecified atom stereocenters. The molecule has 0 radical (unpaired) electrons. The highest BCUT2D eigenvalue weighted by Gasteiger charge is 2.23. The van der Waals surface area contributed by atoms with E-state index >= 15 is 0 Å². The van der Waals surface area contributed by atoms with Crippen LogP contribution in [0.5, 0.6) is 0 Å². The van der Waals surface area contributed by atoms with E-state index in [9.17, 15) is 24.1 Å². The van der Waals surface area contributed by atoms with Crippen molar-refractivity contribution in [2.75, 3.05) is 5.32 Å². The number of carbonyl (C=O) groups excluding carboxylic acids is 1. The Balaban J connectivity index is 2.83. The lowest BCUT2D eigenvalue weighted by Crippen LogP contribution is -2.46. The maximum absolute atomic E-state index is 13.2. The Labute approximate surface area is 119 Å². The molecule has 0 fully saturated rings. The largest absolute Gasteiger partial charge is 0.480 e. The number of hydrogen-bond acceptors (Lipinski definition) is 4. The lowest BCUT2D eigenvalue weighted by Gasteiger charge is -2.18. The molecule has 1 rings (SSSR count). The molecule has 0 heterocycles. The van der Waals surface area contributed by atoms with Crippen molar-refractivity contribution in [1.29, 1.82) is 0 Å². The zero-order valence-corrected chi connectivity index (χ0v) is 11.3. The van der Waals surface area contributed by atoms with Gasteiger partial charge < -0.3 is 15.7 Å². The van der Waals surface area contributed by atoms with Crippen LogP contribution in [0.4, 0.5) is 20.6 Å². The number of urea groups is 1. The lowest BCUT2D eigenvalue weighted by atomic mass is 10.1. The average Bonchev–Trinajstić information content (AvgIpc) is 2.34. The highest BCUT2D eigenvalue weighted by molar-refractivity contribution is 5.92. The maximum atomic E-state index is 13.2. The molecule has 2 amide bonds. The molecule has 0 saturated carbocycles. The van der Waals surface area contributed by atoms with Crippen LogP contribution in [-0.2, 0) is 4.79 Å². The minimum atomic E-state index is -1.22. The predicted molar refractivity (Wildman–Crippen MR) is 71.5 cm³/mol. The van der Waals surface area contributed by atoms with Crippen molar-refractivity contribution in [3.05, 3.63) is 34.1 Å². The molecule has 0 aliphatic rings. The van der Waals surface area contributed by atoms with Gasteiger partial charge in [-0.25, -0.2) is 14.0 Å². The molecular formula is C12H14FN3O5. The van der Waals surface area contributed by atoms with Crippen molar-refractivity contribution in [3.63, 3.8) is 0 Å². The summed E-state index contributed by atoms with van der Waals surface area (Å²) in [6.07, 6.45) is 0. The van der Waals surface area contributed by atoms with Gasteiger partial charge in [-0.05, 0) is 12.0 Å². The van der Waals surface area contributed by atoms with Gasteiger partial charge in [-0.15, -0.1) is 0 Å². The van der Waals surface area contributed by atoms with Crippen LogP contribution in [-0.4, -0.2) is 28.1 Å². The fraction of sp³-hybridized carbons (Fsp3) is 0.333. The summed E-state index contributed by atoms with van der Waals surface area (Å²) in [4.78, 5) is 32.4. The summed E-state index contributed by atoms with van der Waals surface area (Å²) < 4.78 is 13.2. The number of carboxylic acids is 1. The van der Waals surface area contributed by atoms with Crippen molar-refractivity contribution in [2.24, 2.45) is 5.92 Å². The quantitative estimate of drug-likeness (QED) is 0.566. The normalized spacial score (nSPS) is 11.8. The predicted octanol–water partition coefficient (Wildman–Crippen LogP) is 1.96. The van der Waals surface area contributed by atoms with E-state index in [4.69, 9.17) is 5.11 Å². The number of rotatable bonds is 5. The summed E-state index contributed by atoms with van der Waals surface area (Å²) in [5.41, 5.74) is -0.670. The highest BCUT2D eigenvalue weighted by atomic mass is 19.1. The number of amides is 2. The number of nitro groups is 1. The van der Waals surface area contributed by atoms with Crippen molar-refractivity contribution in [2.45, 2.75) is 19.9 Å². The summed E-state index contributed by atoms with van der Waals surface area (Å²) in [6, 6.07) is 0.535. The third-order valence-electron chi connectivity index (χ3n) is 2.57. The Morgan fingerprint density at radius 2 is 1.95 bits per heavy atom. The van der Waals surface area contributed by atoms with Crippen LogP contribution < -0.4 is 10.6 Å². The monoisotopic (exact) mass is 299 g/mol. The topological polar surface area (TPSA) is 122 Å². The zero-order valence-electron chi connectivity index (χ0n) is 11.3. The number of aliphatic carboxylic acids is 1. The fourth-order valence-electron chi connectivity index (χ4n) is 1.57. The third kappa shape index (κ3) is 4.71. The van der Waals surface area contributed by atoms with Crippen molar-refractivity contribution < 1.29 is 24.0 Å². The number of hydrogen-bond donors (Lipinski definition) is 3. The summed E-state index contributed by atoms with van der Waals surface area (Å²) >= 11 is 0. The van der Waals surface area contributed by atoms with Crippen molar-refractivity contribution >= 4 is 23.4 Å².